The zero-order valence-electron chi connectivity index (χ0n) is 17.5. The van der Waals surface area contributed by atoms with Crippen molar-refractivity contribution in [2.75, 3.05) is 13.2 Å². The molecular weight excluding hydrogens is 382 g/mol. The van der Waals surface area contributed by atoms with E-state index in [1.165, 1.54) is 11.8 Å². The molecule has 6 nitrogen and oxygen atoms in total. The van der Waals surface area contributed by atoms with Crippen molar-refractivity contribution in [2.45, 2.75) is 32.9 Å². The lowest BCUT2D eigenvalue weighted by Gasteiger charge is -2.33. The van der Waals surface area contributed by atoms with Gasteiger partial charge in [0.2, 0.25) is 11.9 Å². The van der Waals surface area contributed by atoms with Gasteiger partial charge in [-0.05, 0) is 25.0 Å². The minimum Gasteiger partial charge on any atom is -0.464 e. The zero-order valence-corrected chi connectivity index (χ0v) is 17.5. The van der Waals surface area contributed by atoms with Gasteiger partial charge in [-0.25, -0.2) is 9.59 Å². The van der Waals surface area contributed by atoms with Crippen molar-refractivity contribution >= 4 is 23.9 Å². The highest BCUT2D eigenvalue weighted by atomic mass is 16.6. The smallest absolute Gasteiger partial charge is 0.340 e. The second kappa shape index (κ2) is 11.6. The molecule has 2 rings (SSSR count). The van der Waals surface area contributed by atoms with Crippen LogP contribution in [-0.2, 0) is 23.9 Å². The first kappa shape index (κ1) is 22.9. The highest BCUT2D eigenvalue weighted by Crippen LogP contribution is 2.27. The number of ether oxygens (including phenoxy) is 2. The van der Waals surface area contributed by atoms with Gasteiger partial charge >= 0.3 is 11.9 Å². The van der Waals surface area contributed by atoms with Crippen molar-refractivity contribution in [3.63, 3.8) is 0 Å². The standard InChI is InChI=1S/C24H27NO5/c1-4-29-23(27)22(24(28)30-5-2)25(18(3)26)21(20-14-10-7-11-15-20)17-16-19-12-8-6-9-13-19/h6-17,21-22H,4-5H2,1-3H3/b17-16+/t21-/m1/s1. The predicted molar refractivity (Wildman–Crippen MR) is 114 cm³/mol. The first-order valence-corrected chi connectivity index (χ1v) is 9.89. The quantitative estimate of drug-likeness (QED) is 0.465. The fourth-order valence-electron chi connectivity index (χ4n) is 3.09. The number of rotatable bonds is 9. The van der Waals surface area contributed by atoms with Crippen LogP contribution in [0.4, 0.5) is 0 Å². The van der Waals surface area contributed by atoms with Crippen LogP contribution in [0.15, 0.2) is 66.7 Å². The summed E-state index contributed by atoms with van der Waals surface area (Å²) in [6, 6.07) is 16.6. The van der Waals surface area contributed by atoms with Crippen LogP contribution < -0.4 is 0 Å². The summed E-state index contributed by atoms with van der Waals surface area (Å²) >= 11 is 0. The van der Waals surface area contributed by atoms with E-state index in [9.17, 15) is 14.4 Å². The topological polar surface area (TPSA) is 72.9 Å². The van der Waals surface area contributed by atoms with Gasteiger partial charge in [-0.1, -0.05) is 72.8 Å². The van der Waals surface area contributed by atoms with Gasteiger partial charge in [0.05, 0.1) is 19.3 Å². The Hall–Kier alpha value is -3.41. The molecule has 0 N–H and O–H groups in total. The highest BCUT2D eigenvalue weighted by Gasteiger charge is 2.40. The van der Waals surface area contributed by atoms with Crippen molar-refractivity contribution in [1.29, 1.82) is 0 Å². The van der Waals surface area contributed by atoms with Gasteiger partial charge in [0.25, 0.3) is 0 Å². The van der Waals surface area contributed by atoms with E-state index in [4.69, 9.17) is 9.47 Å². The molecule has 0 aromatic heterocycles. The molecule has 2 aromatic rings. The molecule has 1 amide bonds. The van der Waals surface area contributed by atoms with Crippen molar-refractivity contribution in [3.05, 3.63) is 77.9 Å². The number of amides is 1. The summed E-state index contributed by atoms with van der Waals surface area (Å²) in [4.78, 5) is 39.3. The number of nitrogens with zero attached hydrogens (tertiary/aromatic N) is 1. The maximum atomic E-state index is 12.7. The fourth-order valence-corrected chi connectivity index (χ4v) is 3.09. The van der Waals surface area contributed by atoms with E-state index in [2.05, 4.69) is 0 Å². The number of carbonyl (C=O) groups is 3. The molecule has 0 spiro atoms. The summed E-state index contributed by atoms with van der Waals surface area (Å²) in [6.45, 7) is 4.76. The molecule has 0 aliphatic rings. The molecule has 2 aromatic carbocycles. The molecule has 0 saturated heterocycles. The van der Waals surface area contributed by atoms with E-state index >= 15 is 0 Å². The number of esters is 2. The van der Waals surface area contributed by atoms with Gasteiger partial charge in [0.15, 0.2) is 0 Å². The average molecular weight is 409 g/mol. The van der Waals surface area contributed by atoms with Crippen molar-refractivity contribution in [3.8, 4) is 0 Å². The largest absolute Gasteiger partial charge is 0.464 e. The molecular formula is C24H27NO5. The molecule has 0 unspecified atom stereocenters. The van der Waals surface area contributed by atoms with Crippen LogP contribution in [-0.4, -0.2) is 42.0 Å². The lowest BCUT2D eigenvalue weighted by atomic mass is 10.0. The third-order valence-corrected chi connectivity index (χ3v) is 4.37. The molecule has 0 bridgehead atoms. The van der Waals surface area contributed by atoms with Crippen LogP contribution in [0.1, 0.15) is 37.9 Å². The maximum absolute atomic E-state index is 12.7. The summed E-state index contributed by atoms with van der Waals surface area (Å²) in [5.41, 5.74) is 1.67. The van der Waals surface area contributed by atoms with E-state index in [1.54, 1.807) is 19.9 Å². The van der Waals surface area contributed by atoms with Gasteiger partial charge in [0.1, 0.15) is 0 Å². The second-order valence-electron chi connectivity index (χ2n) is 6.46. The lowest BCUT2D eigenvalue weighted by molar-refractivity contribution is -0.168. The number of hydrogen-bond donors (Lipinski definition) is 0. The average Bonchev–Trinajstić information content (AvgIpc) is 2.74. The minimum absolute atomic E-state index is 0.0797. The summed E-state index contributed by atoms with van der Waals surface area (Å²) in [6.07, 6.45) is 3.64. The van der Waals surface area contributed by atoms with Crippen LogP contribution in [0.5, 0.6) is 0 Å². The summed E-state index contributed by atoms with van der Waals surface area (Å²) in [7, 11) is 0. The van der Waals surface area contributed by atoms with Crippen molar-refractivity contribution in [2.24, 2.45) is 0 Å². The van der Waals surface area contributed by atoms with Gasteiger partial charge < -0.3 is 14.4 Å². The summed E-state index contributed by atoms with van der Waals surface area (Å²) < 4.78 is 10.2. The van der Waals surface area contributed by atoms with Crippen molar-refractivity contribution in [1.82, 2.24) is 4.90 Å². The van der Waals surface area contributed by atoms with Gasteiger partial charge in [-0.3, -0.25) is 4.79 Å². The lowest BCUT2D eigenvalue weighted by Crippen LogP contribution is -2.51. The Bertz CT molecular complexity index is 846. The van der Waals surface area contributed by atoms with E-state index in [0.717, 1.165) is 11.1 Å². The molecule has 1 atom stereocenters. The molecule has 0 radical (unpaired) electrons. The molecule has 0 aliphatic heterocycles. The number of benzene rings is 2. The molecule has 6 heteroatoms. The summed E-state index contributed by atoms with van der Waals surface area (Å²) in [5.74, 6) is -2.09. The van der Waals surface area contributed by atoms with E-state index in [1.807, 2.05) is 66.7 Å². The van der Waals surface area contributed by atoms with Crippen LogP contribution in [0, 0.1) is 0 Å². The SMILES string of the molecule is CCOC(=O)C(C(=O)OCC)N(C(C)=O)[C@H](/C=C/c1ccccc1)c1ccccc1. The van der Waals surface area contributed by atoms with E-state index < -0.39 is 29.9 Å². The third-order valence-electron chi connectivity index (χ3n) is 4.37. The van der Waals surface area contributed by atoms with Crippen LogP contribution in [0.3, 0.4) is 0 Å². The zero-order chi connectivity index (χ0) is 21.9. The third kappa shape index (κ3) is 6.04. The Morgan fingerprint density at radius 2 is 1.37 bits per heavy atom. The van der Waals surface area contributed by atoms with Gasteiger partial charge in [0, 0.05) is 6.92 Å². The normalized spacial score (nSPS) is 11.9. The summed E-state index contributed by atoms with van der Waals surface area (Å²) in [5, 5.41) is 0. The molecule has 0 saturated carbocycles. The fraction of sp³-hybridized carbons (Fsp3) is 0.292. The first-order chi connectivity index (χ1) is 14.5. The predicted octanol–water partition coefficient (Wildman–Crippen LogP) is 3.78. The van der Waals surface area contributed by atoms with Crippen LogP contribution in [0.25, 0.3) is 6.08 Å². The second-order valence-corrected chi connectivity index (χ2v) is 6.46. The Kier molecular flexibility index (Phi) is 8.81. The first-order valence-electron chi connectivity index (χ1n) is 9.89. The minimum atomic E-state index is -1.51. The monoisotopic (exact) mass is 409 g/mol. The Labute approximate surface area is 177 Å². The Morgan fingerprint density at radius 3 is 1.83 bits per heavy atom. The Morgan fingerprint density at radius 1 is 0.867 bits per heavy atom. The maximum Gasteiger partial charge on any atom is 0.340 e. The highest BCUT2D eigenvalue weighted by molar-refractivity contribution is 6.02. The molecule has 0 aliphatic carbocycles. The molecule has 30 heavy (non-hydrogen) atoms. The molecule has 0 heterocycles. The molecule has 158 valence electrons. The van der Waals surface area contributed by atoms with E-state index in [-0.39, 0.29) is 13.2 Å². The van der Waals surface area contributed by atoms with Gasteiger partial charge in [-0.15, -0.1) is 0 Å². The van der Waals surface area contributed by atoms with Crippen LogP contribution >= 0.6 is 0 Å². The van der Waals surface area contributed by atoms with Crippen LogP contribution in [0.2, 0.25) is 0 Å². The van der Waals surface area contributed by atoms with Gasteiger partial charge in [-0.2, -0.15) is 0 Å². The Balaban J connectivity index is 2.55. The van der Waals surface area contributed by atoms with Crippen molar-refractivity contribution < 1.29 is 23.9 Å². The number of carbonyl (C=O) groups excluding carboxylic acids is 3. The molecule has 0 fully saturated rings. The van der Waals surface area contributed by atoms with E-state index in [0.29, 0.717) is 0 Å². The number of hydrogen-bond acceptors (Lipinski definition) is 5.